The first-order valence-electron chi connectivity index (χ1n) is 9.30. The van der Waals surface area contributed by atoms with Gasteiger partial charge in [0.05, 0.1) is 17.1 Å². The zero-order valence-corrected chi connectivity index (χ0v) is 15.1. The Morgan fingerprint density at radius 3 is 2.81 bits per heavy atom. The monoisotopic (exact) mass is 365 g/mol. The number of carbonyl (C=O) groups is 1. The van der Waals surface area contributed by atoms with Gasteiger partial charge in [0.1, 0.15) is 24.7 Å². The summed E-state index contributed by atoms with van der Waals surface area (Å²) in [5.41, 5.74) is 1.78. The number of fused-ring (bicyclic) bond motifs is 1. The fraction of sp³-hybridized carbons (Fsp3) is 0.333. The summed E-state index contributed by atoms with van der Waals surface area (Å²) in [7, 11) is 0. The van der Waals surface area contributed by atoms with Gasteiger partial charge in [-0.2, -0.15) is 0 Å². The predicted octanol–water partition coefficient (Wildman–Crippen LogP) is 2.91. The first-order chi connectivity index (χ1) is 13.3. The number of nitrogens with one attached hydrogen (secondary N) is 1. The van der Waals surface area contributed by atoms with Gasteiger partial charge in [0.15, 0.2) is 0 Å². The van der Waals surface area contributed by atoms with Crippen LogP contribution in [0.3, 0.4) is 0 Å². The molecule has 2 heterocycles. The molecule has 1 N–H and O–H groups in total. The maximum atomic E-state index is 12.5. The molecule has 1 aromatic heterocycles. The molecule has 6 heteroatoms. The van der Waals surface area contributed by atoms with Gasteiger partial charge in [0, 0.05) is 13.2 Å². The van der Waals surface area contributed by atoms with E-state index in [4.69, 9.17) is 9.47 Å². The van der Waals surface area contributed by atoms with Crippen LogP contribution in [0.25, 0.3) is 11.0 Å². The summed E-state index contributed by atoms with van der Waals surface area (Å²) < 4.78 is 13.3. The number of carbonyl (C=O) groups excluding carboxylic acids is 1. The van der Waals surface area contributed by atoms with Crippen molar-refractivity contribution < 1.29 is 14.3 Å². The van der Waals surface area contributed by atoms with E-state index in [1.165, 1.54) is 0 Å². The Morgan fingerprint density at radius 2 is 2.00 bits per heavy atom. The molecule has 0 saturated carbocycles. The molecule has 4 rings (SSSR count). The average molecular weight is 365 g/mol. The first kappa shape index (κ1) is 17.5. The second-order valence-electron chi connectivity index (χ2n) is 6.64. The molecule has 0 unspecified atom stereocenters. The van der Waals surface area contributed by atoms with E-state index in [0.717, 1.165) is 42.1 Å². The quantitative estimate of drug-likeness (QED) is 0.699. The first-order valence-corrected chi connectivity index (χ1v) is 9.30. The lowest BCUT2D eigenvalue weighted by atomic mass is 10.2. The van der Waals surface area contributed by atoms with Gasteiger partial charge in [0.25, 0.3) is 0 Å². The van der Waals surface area contributed by atoms with Crippen molar-refractivity contribution in [2.45, 2.75) is 32.1 Å². The molecule has 0 radical (unpaired) electrons. The fourth-order valence-electron chi connectivity index (χ4n) is 3.31. The zero-order chi connectivity index (χ0) is 18.5. The summed E-state index contributed by atoms with van der Waals surface area (Å²) in [6.45, 7) is 1.85. The Bertz CT molecular complexity index is 901. The van der Waals surface area contributed by atoms with Gasteiger partial charge in [-0.15, -0.1) is 0 Å². The van der Waals surface area contributed by atoms with Crippen molar-refractivity contribution in [2.24, 2.45) is 0 Å². The van der Waals surface area contributed by atoms with Crippen LogP contribution in [-0.2, 0) is 22.7 Å². The summed E-state index contributed by atoms with van der Waals surface area (Å²) in [6.07, 6.45) is 2.20. The Hall–Kier alpha value is -2.86. The van der Waals surface area contributed by atoms with Gasteiger partial charge in [-0.1, -0.05) is 30.3 Å². The van der Waals surface area contributed by atoms with Crippen molar-refractivity contribution in [3.05, 3.63) is 60.4 Å². The minimum absolute atomic E-state index is 0.0467. The van der Waals surface area contributed by atoms with E-state index in [9.17, 15) is 4.79 Å². The van der Waals surface area contributed by atoms with Crippen LogP contribution in [0.1, 0.15) is 18.7 Å². The Labute approximate surface area is 158 Å². The molecule has 1 aliphatic heterocycles. The Balaban J connectivity index is 1.48. The van der Waals surface area contributed by atoms with Crippen LogP contribution in [0.4, 0.5) is 0 Å². The number of benzene rings is 2. The van der Waals surface area contributed by atoms with Crippen LogP contribution in [0.5, 0.6) is 5.75 Å². The molecule has 1 saturated heterocycles. The lowest BCUT2D eigenvalue weighted by molar-refractivity contribution is -0.122. The van der Waals surface area contributed by atoms with Crippen LogP contribution in [0.2, 0.25) is 0 Å². The maximum absolute atomic E-state index is 12.5. The van der Waals surface area contributed by atoms with Gasteiger partial charge < -0.3 is 19.4 Å². The van der Waals surface area contributed by atoms with Gasteiger partial charge >= 0.3 is 0 Å². The molecular weight excluding hydrogens is 342 g/mol. The van der Waals surface area contributed by atoms with Crippen molar-refractivity contribution in [1.29, 1.82) is 0 Å². The summed E-state index contributed by atoms with van der Waals surface area (Å²) in [5.74, 6) is 1.46. The van der Waals surface area contributed by atoms with Crippen molar-refractivity contribution in [3.63, 3.8) is 0 Å². The lowest BCUT2D eigenvalue weighted by Crippen LogP contribution is -2.34. The summed E-state index contributed by atoms with van der Waals surface area (Å²) in [4.78, 5) is 17.1. The summed E-state index contributed by atoms with van der Waals surface area (Å²) >= 11 is 0. The topological polar surface area (TPSA) is 65.4 Å². The second kappa shape index (κ2) is 8.22. The van der Waals surface area contributed by atoms with Crippen LogP contribution in [0.15, 0.2) is 54.6 Å². The molecule has 6 nitrogen and oxygen atoms in total. The van der Waals surface area contributed by atoms with Crippen LogP contribution in [-0.4, -0.2) is 34.7 Å². The normalized spacial score (nSPS) is 16.5. The smallest absolute Gasteiger partial charge is 0.240 e. The number of ether oxygens (including phenoxy) is 2. The molecule has 27 heavy (non-hydrogen) atoms. The fourth-order valence-corrected chi connectivity index (χ4v) is 3.31. The number of para-hydroxylation sites is 3. The number of hydrogen-bond acceptors (Lipinski definition) is 4. The molecule has 2 aromatic carbocycles. The molecule has 0 spiro atoms. The van der Waals surface area contributed by atoms with E-state index in [2.05, 4.69) is 10.3 Å². The predicted molar refractivity (Wildman–Crippen MR) is 102 cm³/mol. The highest BCUT2D eigenvalue weighted by Gasteiger charge is 2.18. The van der Waals surface area contributed by atoms with E-state index in [0.29, 0.717) is 13.2 Å². The molecule has 0 aliphatic carbocycles. The van der Waals surface area contributed by atoms with Crippen molar-refractivity contribution in [3.8, 4) is 5.75 Å². The van der Waals surface area contributed by atoms with E-state index in [1.807, 2.05) is 59.2 Å². The molecule has 1 fully saturated rings. The largest absolute Gasteiger partial charge is 0.486 e. The van der Waals surface area contributed by atoms with Crippen molar-refractivity contribution >= 4 is 16.9 Å². The SMILES string of the molecule is O=C(Cn1c(COc2ccccc2)nc2ccccc21)NC[C@@H]1CCCO1. The number of amides is 1. The van der Waals surface area contributed by atoms with E-state index in [-0.39, 0.29) is 18.6 Å². The highest BCUT2D eigenvalue weighted by Crippen LogP contribution is 2.18. The summed E-state index contributed by atoms with van der Waals surface area (Å²) in [5, 5.41) is 2.98. The third-order valence-corrected chi connectivity index (χ3v) is 4.70. The Kier molecular flexibility index (Phi) is 5.34. The number of hydrogen-bond donors (Lipinski definition) is 1. The lowest BCUT2D eigenvalue weighted by Gasteiger charge is -2.13. The number of aromatic nitrogens is 2. The molecule has 1 amide bonds. The molecule has 3 aromatic rings. The highest BCUT2D eigenvalue weighted by atomic mass is 16.5. The third-order valence-electron chi connectivity index (χ3n) is 4.70. The van der Waals surface area contributed by atoms with E-state index >= 15 is 0 Å². The maximum Gasteiger partial charge on any atom is 0.240 e. The number of rotatable bonds is 7. The summed E-state index contributed by atoms with van der Waals surface area (Å²) in [6, 6.07) is 17.4. The average Bonchev–Trinajstić information content (AvgIpc) is 3.34. The second-order valence-corrected chi connectivity index (χ2v) is 6.64. The van der Waals surface area contributed by atoms with Gasteiger partial charge in [0.2, 0.25) is 5.91 Å². The molecule has 140 valence electrons. The van der Waals surface area contributed by atoms with Gasteiger partial charge in [-0.05, 0) is 37.1 Å². The number of nitrogens with zero attached hydrogens (tertiary/aromatic N) is 2. The minimum atomic E-state index is -0.0467. The standard InChI is InChI=1S/C21H23N3O3/c25-21(22-13-17-9-6-12-26-17)14-24-19-11-5-4-10-18(19)23-20(24)15-27-16-7-2-1-3-8-16/h1-5,7-8,10-11,17H,6,9,12-15H2,(H,22,25)/t17-/m0/s1. The van der Waals surface area contributed by atoms with E-state index < -0.39 is 0 Å². The minimum Gasteiger partial charge on any atom is -0.486 e. The van der Waals surface area contributed by atoms with Gasteiger partial charge in [-0.3, -0.25) is 4.79 Å². The van der Waals surface area contributed by atoms with Crippen molar-refractivity contribution in [2.75, 3.05) is 13.2 Å². The molecular formula is C21H23N3O3. The van der Waals surface area contributed by atoms with Gasteiger partial charge in [-0.25, -0.2) is 4.98 Å². The van der Waals surface area contributed by atoms with Crippen LogP contribution < -0.4 is 10.1 Å². The number of imidazole rings is 1. The third kappa shape index (κ3) is 4.28. The zero-order valence-electron chi connectivity index (χ0n) is 15.1. The molecule has 1 aliphatic rings. The molecule has 1 atom stereocenters. The van der Waals surface area contributed by atoms with Crippen LogP contribution in [0, 0.1) is 0 Å². The molecule has 0 bridgehead atoms. The van der Waals surface area contributed by atoms with Crippen LogP contribution >= 0.6 is 0 Å². The van der Waals surface area contributed by atoms with E-state index in [1.54, 1.807) is 0 Å². The van der Waals surface area contributed by atoms with Crippen molar-refractivity contribution in [1.82, 2.24) is 14.9 Å². The Morgan fingerprint density at radius 1 is 1.19 bits per heavy atom. The highest BCUT2D eigenvalue weighted by molar-refractivity contribution is 5.81.